The van der Waals surface area contributed by atoms with Crippen molar-refractivity contribution >= 4 is 17.4 Å². The summed E-state index contributed by atoms with van der Waals surface area (Å²) >= 11 is 0. The lowest BCUT2D eigenvalue weighted by atomic mass is 10.2. The molecule has 1 aromatic heterocycles. The summed E-state index contributed by atoms with van der Waals surface area (Å²) in [4.78, 5) is 14.6. The molecule has 4 N–H and O–H groups in total. The maximum absolute atomic E-state index is 11.9. The van der Waals surface area contributed by atoms with E-state index in [1.165, 1.54) is 0 Å². The van der Waals surface area contributed by atoms with Crippen LogP contribution in [0.3, 0.4) is 0 Å². The normalized spacial score (nSPS) is 11.2. The molecule has 1 amide bonds. The Morgan fingerprint density at radius 2 is 2.00 bits per heavy atom. The first-order valence-corrected chi connectivity index (χ1v) is 6.12. The highest BCUT2D eigenvalue weighted by molar-refractivity contribution is 5.81. The summed E-state index contributed by atoms with van der Waals surface area (Å²) in [5, 5.41) is 4.81. The molecule has 0 bridgehead atoms. The van der Waals surface area contributed by atoms with Crippen LogP contribution in [0.2, 0.25) is 0 Å². The molecule has 5 nitrogen and oxygen atoms in total. The van der Waals surface area contributed by atoms with E-state index in [2.05, 4.69) is 10.3 Å². The SMILES string of the molecule is Cc1ccnc(NCCCCNC(=O)C(F)(F)F)c1N. The van der Waals surface area contributed by atoms with Crippen molar-refractivity contribution < 1.29 is 18.0 Å². The second kappa shape index (κ2) is 6.97. The summed E-state index contributed by atoms with van der Waals surface area (Å²) in [6, 6.07) is 1.78. The molecule has 0 aromatic carbocycles. The van der Waals surface area contributed by atoms with Gasteiger partial charge in [-0.25, -0.2) is 4.98 Å². The van der Waals surface area contributed by atoms with E-state index in [0.29, 0.717) is 30.9 Å². The molecule has 0 saturated heterocycles. The van der Waals surface area contributed by atoms with Crippen LogP contribution in [0.5, 0.6) is 0 Å². The highest BCUT2D eigenvalue weighted by Gasteiger charge is 2.38. The lowest BCUT2D eigenvalue weighted by molar-refractivity contribution is -0.173. The van der Waals surface area contributed by atoms with E-state index >= 15 is 0 Å². The van der Waals surface area contributed by atoms with E-state index in [-0.39, 0.29) is 6.54 Å². The number of carbonyl (C=O) groups excluding carboxylic acids is 1. The average Bonchev–Trinajstić information content (AvgIpc) is 2.37. The van der Waals surface area contributed by atoms with E-state index in [4.69, 9.17) is 5.73 Å². The zero-order chi connectivity index (χ0) is 15.2. The number of aryl methyl sites for hydroxylation is 1. The summed E-state index contributed by atoms with van der Waals surface area (Å²) in [7, 11) is 0. The number of pyridine rings is 1. The summed E-state index contributed by atoms with van der Waals surface area (Å²) in [6.45, 7) is 2.36. The van der Waals surface area contributed by atoms with Crippen molar-refractivity contribution in [1.82, 2.24) is 10.3 Å². The van der Waals surface area contributed by atoms with Crippen LogP contribution in [0.15, 0.2) is 12.3 Å². The molecule has 0 aliphatic heterocycles. The number of unbranched alkanes of at least 4 members (excludes halogenated alkanes) is 1. The van der Waals surface area contributed by atoms with E-state index in [1.54, 1.807) is 12.3 Å². The molecule has 0 fully saturated rings. The van der Waals surface area contributed by atoms with E-state index in [0.717, 1.165) is 5.56 Å². The number of nitrogens with one attached hydrogen (secondary N) is 2. The predicted molar refractivity (Wildman–Crippen MR) is 70.2 cm³/mol. The number of anilines is 2. The minimum Gasteiger partial charge on any atom is -0.396 e. The average molecular weight is 290 g/mol. The first-order chi connectivity index (χ1) is 9.32. The maximum Gasteiger partial charge on any atom is 0.471 e. The van der Waals surface area contributed by atoms with Crippen molar-refractivity contribution in [2.75, 3.05) is 24.1 Å². The first kappa shape index (κ1) is 16.1. The zero-order valence-electron chi connectivity index (χ0n) is 11.0. The molecular formula is C12H17F3N4O. The molecule has 8 heteroatoms. The number of nitrogen functional groups attached to an aromatic ring is 1. The second-order valence-corrected chi connectivity index (χ2v) is 4.28. The Bertz CT molecular complexity index is 463. The Balaban J connectivity index is 2.20. The van der Waals surface area contributed by atoms with Gasteiger partial charge in [-0.2, -0.15) is 13.2 Å². The Kier molecular flexibility index (Phi) is 5.60. The van der Waals surface area contributed by atoms with Gasteiger partial charge in [-0.1, -0.05) is 0 Å². The second-order valence-electron chi connectivity index (χ2n) is 4.28. The Hall–Kier alpha value is -1.99. The standard InChI is InChI=1S/C12H17F3N4O/c1-8-4-7-18-10(9(8)16)17-5-2-3-6-19-11(20)12(13,14)15/h4,7H,2-3,5-6,16H2,1H3,(H,17,18)(H,19,20). The van der Waals surface area contributed by atoms with Crippen LogP contribution in [0.1, 0.15) is 18.4 Å². The first-order valence-electron chi connectivity index (χ1n) is 6.12. The summed E-state index contributed by atoms with van der Waals surface area (Å²) in [5.74, 6) is -1.35. The van der Waals surface area contributed by atoms with Gasteiger partial charge in [-0.3, -0.25) is 4.79 Å². The summed E-state index contributed by atoms with van der Waals surface area (Å²) in [6.07, 6.45) is -2.18. The number of alkyl halides is 3. The van der Waals surface area contributed by atoms with Gasteiger partial charge in [0.15, 0.2) is 0 Å². The fraction of sp³-hybridized carbons (Fsp3) is 0.500. The Morgan fingerprint density at radius 1 is 1.35 bits per heavy atom. The van der Waals surface area contributed by atoms with Crippen molar-refractivity contribution in [2.24, 2.45) is 0 Å². The lowest BCUT2D eigenvalue weighted by Gasteiger charge is -2.10. The summed E-state index contributed by atoms with van der Waals surface area (Å²) in [5.41, 5.74) is 7.26. The van der Waals surface area contributed by atoms with Gasteiger partial charge < -0.3 is 16.4 Å². The van der Waals surface area contributed by atoms with Gasteiger partial charge in [0, 0.05) is 19.3 Å². The maximum atomic E-state index is 11.9. The molecule has 0 atom stereocenters. The molecule has 0 spiro atoms. The van der Waals surface area contributed by atoms with Gasteiger partial charge in [-0.05, 0) is 31.4 Å². The van der Waals surface area contributed by atoms with Crippen LogP contribution in [0.4, 0.5) is 24.7 Å². The minimum absolute atomic E-state index is 0.0171. The van der Waals surface area contributed by atoms with Crippen LogP contribution < -0.4 is 16.4 Å². The third-order valence-corrected chi connectivity index (χ3v) is 2.65. The van der Waals surface area contributed by atoms with Crippen molar-refractivity contribution in [3.63, 3.8) is 0 Å². The molecule has 0 aliphatic rings. The van der Waals surface area contributed by atoms with Gasteiger partial charge in [0.1, 0.15) is 5.82 Å². The minimum atomic E-state index is -4.82. The molecule has 20 heavy (non-hydrogen) atoms. The molecule has 0 unspecified atom stereocenters. The van der Waals surface area contributed by atoms with Crippen LogP contribution in [0, 0.1) is 6.92 Å². The van der Waals surface area contributed by atoms with Crippen LogP contribution in [0.25, 0.3) is 0 Å². The molecule has 0 saturated carbocycles. The third-order valence-electron chi connectivity index (χ3n) is 2.65. The highest BCUT2D eigenvalue weighted by atomic mass is 19.4. The quantitative estimate of drug-likeness (QED) is 0.698. The molecule has 1 aromatic rings. The predicted octanol–water partition coefficient (Wildman–Crippen LogP) is 1.84. The topological polar surface area (TPSA) is 80.0 Å². The molecule has 1 rings (SSSR count). The monoisotopic (exact) mass is 290 g/mol. The van der Waals surface area contributed by atoms with Crippen LogP contribution in [-0.2, 0) is 4.79 Å². The van der Waals surface area contributed by atoms with Gasteiger partial charge in [0.05, 0.1) is 5.69 Å². The van der Waals surface area contributed by atoms with Crippen LogP contribution >= 0.6 is 0 Å². The fourth-order valence-corrected chi connectivity index (χ4v) is 1.47. The van der Waals surface area contributed by atoms with E-state index in [1.807, 2.05) is 12.2 Å². The van der Waals surface area contributed by atoms with E-state index in [9.17, 15) is 18.0 Å². The molecule has 1 heterocycles. The number of halogens is 3. The number of aromatic nitrogens is 1. The van der Waals surface area contributed by atoms with Gasteiger partial charge in [-0.15, -0.1) is 0 Å². The number of rotatable bonds is 6. The molecule has 0 radical (unpaired) electrons. The van der Waals surface area contributed by atoms with Crippen molar-refractivity contribution in [3.05, 3.63) is 17.8 Å². The summed E-state index contributed by atoms with van der Waals surface area (Å²) < 4.78 is 35.6. The number of nitrogens with zero attached hydrogens (tertiary/aromatic N) is 1. The number of hydrogen-bond donors (Lipinski definition) is 3. The highest BCUT2D eigenvalue weighted by Crippen LogP contribution is 2.18. The van der Waals surface area contributed by atoms with Gasteiger partial charge >= 0.3 is 12.1 Å². The third kappa shape index (κ3) is 4.94. The molecule has 0 aliphatic carbocycles. The molecule has 112 valence electrons. The number of nitrogens with two attached hydrogens (primary N) is 1. The smallest absolute Gasteiger partial charge is 0.396 e. The van der Waals surface area contributed by atoms with Crippen LogP contribution in [-0.4, -0.2) is 30.2 Å². The largest absolute Gasteiger partial charge is 0.471 e. The Labute approximate surface area is 114 Å². The van der Waals surface area contributed by atoms with Gasteiger partial charge in [0.25, 0.3) is 0 Å². The van der Waals surface area contributed by atoms with Crippen molar-refractivity contribution in [3.8, 4) is 0 Å². The fourth-order valence-electron chi connectivity index (χ4n) is 1.47. The zero-order valence-corrected chi connectivity index (χ0v) is 11.0. The number of hydrogen-bond acceptors (Lipinski definition) is 4. The van der Waals surface area contributed by atoms with Crippen molar-refractivity contribution in [2.45, 2.75) is 25.9 Å². The van der Waals surface area contributed by atoms with Crippen molar-refractivity contribution in [1.29, 1.82) is 0 Å². The van der Waals surface area contributed by atoms with E-state index < -0.39 is 12.1 Å². The number of amides is 1. The Morgan fingerprint density at radius 3 is 2.65 bits per heavy atom. The molecular weight excluding hydrogens is 273 g/mol. The number of carbonyl (C=O) groups is 1. The van der Waals surface area contributed by atoms with Gasteiger partial charge in [0.2, 0.25) is 0 Å². The lowest BCUT2D eigenvalue weighted by Crippen LogP contribution is -2.37.